The second kappa shape index (κ2) is 3.65. The number of halogens is 1. The summed E-state index contributed by atoms with van der Waals surface area (Å²) in [6, 6.07) is 0. The molecule has 4 heteroatoms. The van der Waals surface area contributed by atoms with Crippen LogP contribution < -0.4 is 5.32 Å². The third-order valence-corrected chi connectivity index (χ3v) is 3.08. The van der Waals surface area contributed by atoms with Gasteiger partial charge in [-0.15, -0.1) is 11.6 Å². The maximum absolute atomic E-state index is 6.04. The second-order valence-electron chi connectivity index (χ2n) is 4.18. The number of nitrogens with zero attached hydrogens (tertiary/aromatic N) is 1. The molecule has 1 aliphatic heterocycles. The van der Waals surface area contributed by atoms with Gasteiger partial charge in [0, 0.05) is 24.6 Å². The minimum absolute atomic E-state index is 0.0585. The van der Waals surface area contributed by atoms with Gasteiger partial charge in [0.1, 0.15) is 0 Å². The summed E-state index contributed by atoms with van der Waals surface area (Å²) in [7, 11) is 0. The van der Waals surface area contributed by atoms with Crippen molar-refractivity contribution in [3.63, 3.8) is 0 Å². The molecule has 2 heterocycles. The predicted octanol–water partition coefficient (Wildman–Crippen LogP) is 2.15. The van der Waals surface area contributed by atoms with E-state index >= 15 is 0 Å². The van der Waals surface area contributed by atoms with E-state index in [1.807, 2.05) is 6.20 Å². The summed E-state index contributed by atoms with van der Waals surface area (Å²) < 4.78 is 5.72. The van der Waals surface area contributed by atoms with Crippen molar-refractivity contribution in [2.24, 2.45) is 0 Å². The number of alkyl halides is 1. The number of hydrogen-bond donors (Lipinski definition) is 1. The van der Waals surface area contributed by atoms with Crippen LogP contribution in [0, 0.1) is 0 Å². The quantitative estimate of drug-likeness (QED) is 0.783. The van der Waals surface area contributed by atoms with Gasteiger partial charge in [-0.25, -0.2) is 4.98 Å². The van der Waals surface area contributed by atoms with Crippen LogP contribution in [-0.4, -0.2) is 23.5 Å². The molecule has 1 saturated carbocycles. The molecule has 0 radical (unpaired) electrons. The number of aromatic nitrogens is 1. The average molecular weight is 225 g/mol. The van der Waals surface area contributed by atoms with Crippen LogP contribution in [0.25, 0.3) is 5.57 Å². The van der Waals surface area contributed by atoms with E-state index in [1.54, 1.807) is 0 Å². The summed E-state index contributed by atoms with van der Waals surface area (Å²) in [5.74, 6) is 2.33. The Morgan fingerprint density at radius 3 is 3.07 bits per heavy atom. The molecule has 15 heavy (non-hydrogen) atoms. The molecule has 80 valence electrons. The Bertz CT molecular complexity index is 395. The molecule has 0 aromatic carbocycles. The highest BCUT2D eigenvalue weighted by Gasteiger charge is 2.29. The van der Waals surface area contributed by atoms with E-state index in [2.05, 4.69) is 16.4 Å². The van der Waals surface area contributed by atoms with Crippen molar-refractivity contribution in [2.75, 3.05) is 13.1 Å². The Balaban J connectivity index is 1.84. The second-order valence-corrected chi connectivity index (χ2v) is 4.74. The van der Waals surface area contributed by atoms with Crippen molar-refractivity contribution in [1.82, 2.24) is 10.3 Å². The molecule has 1 unspecified atom stereocenters. The van der Waals surface area contributed by atoms with Gasteiger partial charge >= 0.3 is 0 Å². The lowest BCUT2D eigenvalue weighted by Crippen LogP contribution is -2.28. The van der Waals surface area contributed by atoms with Gasteiger partial charge in [0.25, 0.3) is 0 Å². The smallest absolute Gasteiger partial charge is 0.197 e. The van der Waals surface area contributed by atoms with Crippen LogP contribution in [0.15, 0.2) is 16.7 Å². The Labute approximate surface area is 93.5 Å². The van der Waals surface area contributed by atoms with Crippen molar-refractivity contribution in [3.05, 3.63) is 23.9 Å². The van der Waals surface area contributed by atoms with Crippen LogP contribution in [0.4, 0.5) is 0 Å². The van der Waals surface area contributed by atoms with Crippen LogP contribution in [0.1, 0.15) is 30.4 Å². The van der Waals surface area contributed by atoms with Gasteiger partial charge in [0.15, 0.2) is 11.7 Å². The summed E-state index contributed by atoms with van der Waals surface area (Å²) in [6.45, 7) is 1.65. The zero-order chi connectivity index (χ0) is 10.3. The highest BCUT2D eigenvalue weighted by molar-refractivity contribution is 6.22. The summed E-state index contributed by atoms with van der Waals surface area (Å²) in [5, 5.41) is 3.31. The topological polar surface area (TPSA) is 38.1 Å². The molecule has 1 aliphatic carbocycles. The fourth-order valence-electron chi connectivity index (χ4n) is 1.81. The average Bonchev–Trinajstić information content (AvgIpc) is 2.97. The maximum atomic E-state index is 6.04. The van der Waals surface area contributed by atoms with Crippen LogP contribution in [0.5, 0.6) is 0 Å². The van der Waals surface area contributed by atoms with Crippen molar-refractivity contribution >= 4 is 17.2 Å². The molecule has 0 saturated heterocycles. The van der Waals surface area contributed by atoms with Crippen LogP contribution in [0.3, 0.4) is 0 Å². The third-order valence-electron chi connectivity index (χ3n) is 2.80. The first-order valence-corrected chi connectivity index (χ1v) is 5.78. The lowest BCUT2D eigenvalue weighted by Gasteiger charge is -2.15. The van der Waals surface area contributed by atoms with Crippen molar-refractivity contribution in [1.29, 1.82) is 0 Å². The molecule has 1 aromatic rings. The Morgan fingerprint density at radius 2 is 2.33 bits per heavy atom. The molecule has 3 rings (SSSR count). The monoisotopic (exact) mass is 224 g/mol. The highest BCUT2D eigenvalue weighted by atomic mass is 35.5. The highest BCUT2D eigenvalue weighted by Crippen LogP contribution is 2.40. The zero-order valence-electron chi connectivity index (χ0n) is 8.37. The molecule has 3 nitrogen and oxygen atoms in total. The van der Waals surface area contributed by atoms with E-state index < -0.39 is 0 Å². The number of hydrogen-bond acceptors (Lipinski definition) is 3. The van der Waals surface area contributed by atoms with E-state index in [9.17, 15) is 0 Å². The van der Waals surface area contributed by atoms with Gasteiger partial charge in [-0.1, -0.05) is 6.08 Å². The zero-order valence-corrected chi connectivity index (χ0v) is 9.13. The Morgan fingerprint density at radius 1 is 1.47 bits per heavy atom. The minimum Gasteiger partial charge on any atom is -0.441 e. The van der Waals surface area contributed by atoms with E-state index in [0.717, 1.165) is 30.3 Å². The molecule has 1 atom stereocenters. The molecule has 0 bridgehead atoms. The summed E-state index contributed by atoms with van der Waals surface area (Å²) in [6.07, 6.45) is 6.30. The molecular weight excluding hydrogens is 212 g/mol. The van der Waals surface area contributed by atoms with Gasteiger partial charge in [0.05, 0.1) is 11.6 Å². The lowest BCUT2D eigenvalue weighted by molar-refractivity contribution is 0.484. The van der Waals surface area contributed by atoms with Crippen LogP contribution in [0.2, 0.25) is 0 Å². The Hall–Kier alpha value is -0.800. The van der Waals surface area contributed by atoms with Crippen molar-refractivity contribution in [3.8, 4) is 0 Å². The standard InChI is InChI=1S/C11H13ClN2O/c12-9-3-8(4-13-5-9)10-6-14-11(15-10)7-1-2-7/h3,6-7,9,13H,1-2,4-5H2. The van der Waals surface area contributed by atoms with Crippen LogP contribution in [-0.2, 0) is 0 Å². The third kappa shape index (κ3) is 1.94. The van der Waals surface area contributed by atoms with Gasteiger partial charge in [-0.3, -0.25) is 0 Å². The fraction of sp³-hybridized carbons (Fsp3) is 0.545. The SMILES string of the molecule is ClC1C=C(c2cnc(C3CC3)o2)CNC1. The number of rotatable bonds is 2. The van der Waals surface area contributed by atoms with Gasteiger partial charge in [0.2, 0.25) is 0 Å². The van der Waals surface area contributed by atoms with E-state index in [0.29, 0.717) is 5.92 Å². The largest absolute Gasteiger partial charge is 0.441 e. The first-order valence-electron chi connectivity index (χ1n) is 5.34. The van der Waals surface area contributed by atoms with E-state index in [-0.39, 0.29) is 5.38 Å². The summed E-state index contributed by atoms with van der Waals surface area (Å²) in [4.78, 5) is 4.30. The molecule has 1 N–H and O–H groups in total. The maximum Gasteiger partial charge on any atom is 0.197 e. The number of oxazole rings is 1. The molecule has 0 spiro atoms. The molecule has 2 aliphatic rings. The van der Waals surface area contributed by atoms with Gasteiger partial charge in [-0.05, 0) is 12.8 Å². The van der Waals surface area contributed by atoms with Gasteiger partial charge < -0.3 is 9.73 Å². The molecule has 1 fully saturated rings. The molecule has 0 amide bonds. The predicted molar refractivity (Wildman–Crippen MR) is 59.0 cm³/mol. The van der Waals surface area contributed by atoms with Crippen LogP contribution >= 0.6 is 11.6 Å². The van der Waals surface area contributed by atoms with Crippen molar-refractivity contribution in [2.45, 2.75) is 24.1 Å². The minimum atomic E-state index is 0.0585. The molecular formula is C11H13ClN2O. The Kier molecular flexibility index (Phi) is 2.29. The normalized spacial score (nSPS) is 26.5. The number of nitrogens with one attached hydrogen (secondary N) is 1. The fourth-order valence-corrected chi connectivity index (χ4v) is 2.07. The first kappa shape index (κ1) is 9.43. The summed E-state index contributed by atoms with van der Waals surface area (Å²) >= 11 is 6.04. The van der Waals surface area contributed by atoms with E-state index in [4.69, 9.17) is 16.0 Å². The summed E-state index contributed by atoms with van der Waals surface area (Å²) in [5.41, 5.74) is 1.13. The van der Waals surface area contributed by atoms with E-state index in [1.165, 1.54) is 12.8 Å². The van der Waals surface area contributed by atoms with Crippen molar-refractivity contribution < 1.29 is 4.42 Å². The lowest BCUT2D eigenvalue weighted by atomic mass is 10.1. The van der Waals surface area contributed by atoms with Gasteiger partial charge in [-0.2, -0.15) is 0 Å². The first-order chi connectivity index (χ1) is 7.33. The molecule has 1 aromatic heterocycles.